The third-order valence-corrected chi connectivity index (χ3v) is 4.10. The molecule has 1 aromatic carbocycles. The maximum atomic E-state index is 12.8. The van der Waals surface area contributed by atoms with Crippen LogP contribution in [0.3, 0.4) is 0 Å². The quantitative estimate of drug-likeness (QED) is 0.893. The lowest BCUT2D eigenvalue weighted by atomic mass is 10.0. The van der Waals surface area contributed by atoms with Crippen LogP contribution in [-0.2, 0) is 0 Å². The van der Waals surface area contributed by atoms with Crippen molar-refractivity contribution in [1.82, 2.24) is 4.90 Å². The molecule has 1 heterocycles. The summed E-state index contributed by atoms with van der Waals surface area (Å²) in [6, 6.07) is 6.54. The van der Waals surface area contributed by atoms with E-state index in [0.29, 0.717) is 0 Å². The predicted octanol–water partition coefficient (Wildman–Crippen LogP) is 2.26. The van der Waals surface area contributed by atoms with Gasteiger partial charge < -0.3 is 10.6 Å². The van der Waals surface area contributed by atoms with Gasteiger partial charge in [-0.05, 0) is 24.1 Å². The van der Waals surface area contributed by atoms with Crippen molar-refractivity contribution in [1.29, 1.82) is 0 Å². The molecule has 2 nitrogen and oxygen atoms in total. The average Bonchev–Trinajstić information content (AvgIpc) is 2.38. The van der Waals surface area contributed by atoms with E-state index in [0.717, 1.165) is 18.5 Å². The number of halogens is 1. The van der Waals surface area contributed by atoms with Gasteiger partial charge in [-0.3, -0.25) is 0 Å². The third-order valence-electron chi connectivity index (χ3n) is 3.16. The molecule has 2 rings (SSSR count). The van der Waals surface area contributed by atoms with Gasteiger partial charge in [-0.1, -0.05) is 12.1 Å². The Morgan fingerprint density at radius 1 is 1.24 bits per heavy atom. The van der Waals surface area contributed by atoms with Gasteiger partial charge in [-0.2, -0.15) is 11.8 Å². The number of thioether (sulfide) groups is 1. The number of hydrogen-bond acceptors (Lipinski definition) is 3. The molecule has 1 aliphatic heterocycles. The van der Waals surface area contributed by atoms with Gasteiger partial charge in [0.1, 0.15) is 5.82 Å². The third kappa shape index (κ3) is 3.98. The number of nitrogens with zero attached hydrogens (tertiary/aromatic N) is 1. The van der Waals surface area contributed by atoms with E-state index in [1.165, 1.54) is 36.7 Å². The predicted molar refractivity (Wildman–Crippen MR) is 71.7 cm³/mol. The van der Waals surface area contributed by atoms with Gasteiger partial charge in [0.25, 0.3) is 0 Å². The van der Waals surface area contributed by atoms with E-state index in [-0.39, 0.29) is 11.9 Å². The Labute approximate surface area is 106 Å². The Morgan fingerprint density at radius 3 is 2.53 bits per heavy atom. The van der Waals surface area contributed by atoms with Crippen LogP contribution >= 0.6 is 11.8 Å². The van der Waals surface area contributed by atoms with Crippen molar-refractivity contribution >= 4 is 11.8 Å². The normalized spacial score (nSPS) is 19.2. The monoisotopic (exact) mass is 254 g/mol. The van der Waals surface area contributed by atoms with E-state index in [4.69, 9.17) is 5.73 Å². The SMILES string of the molecule is NC(CCN1CCSCC1)c1ccc(F)cc1. The van der Waals surface area contributed by atoms with E-state index in [1.807, 2.05) is 11.8 Å². The molecule has 0 bridgehead atoms. The lowest BCUT2D eigenvalue weighted by Crippen LogP contribution is -2.34. The fourth-order valence-corrected chi connectivity index (χ4v) is 3.00. The van der Waals surface area contributed by atoms with Crippen molar-refractivity contribution in [2.75, 3.05) is 31.1 Å². The second kappa shape index (κ2) is 6.38. The molecule has 2 N–H and O–H groups in total. The summed E-state index contributed by atoms with van der Waals surface area (Å²) in [5.41, 5.74) is 7.13. The van der Waals surface area contributed by atoms with Crippen LogP contribution in [0, 0.1) is 5.82 Å². The van der Waals surface area contributed by atoms with Crippen LogP contribution in [0.2, 0.25) is 0 Å². The minimum atomic E-state index is -0.200. The van der Waals surface area contributed by atoms with Crippen LogP contribution in [0.4, 0.5) is 4.39 Å². The largest absolute Gasteiger partial charge is 0.324 e. The summed E-state index contributed by atoms with van der Waals surface area (Å²) in [6.45, 7) is 3.38. The van der Waals surface area contributed by atoms with Crippen molar-refractivity contribution in [2.24, 2.45) is 5.73 Å². The van der Waals surface area contributed by atoms with Gasteiger partial charge in [0.2, 0.25) is 0 Å². The molecule has 1 aromatic rings. The van der Waals surface area contributed by atoms with Gasteiger partial charge in [0.15, 0.2) is 0 Å². The van der Waals surface area contributed by atoms with Crippen LogP contribution in [-0.4, -0.2) is 36.0 Å². The van der Waals surface area contributed by atoms with Gasteiger partial charge in [0, 0.05) is 37.2 Å². The zero-order chi connectivity index (χ0) is 12.1. The van der Waals surface area contributed by atoms with E-state index >= 15 is 0 Å². The lowest BCUT2D eigenvalue weighted by molar-refractivity contribution is 0.289. The second-order valence-electron chi connectivity index (χ2n) is 4.40. The summed E-state index contributed by atoms with van der Waals surface area (Å²) >= 11 is 2.02. The Hall–Kier alpha value is -0.580. The highest BCUT2D eigenvalue weighted by molar-refractivity contribution is 7.99. The van der Waals surface area contributed by atoms with Crippen LogP contribution in [0.25, 0.3) is 0 Å². The molecule has 0 aromatic heterocycles. The Morgan fingerprint density at radius 2 is 1.88 bits per heavy atom. The molecule has 0 amide bonds. The number of hydrogen-bond donors (Lipinski definition) is 1. The maximum Gasteiger partial charge on any atom is 0.123 e. The average molecular weight is 254 g/mol. The summed E-state index contributed by atoms with van der Waals surface area (Å²) in [4.78, 5) is 2.46. The molecule has 0 spiro atoms. The summed E-state index contributed by atoms with van der Waals surface area (Å²) in [5.74, 6) is 2.26. The first-order valence-electron chi connectivity index (χ1n) is 6.07. The molecule has 1 atom stereocenters. The van der Waals surface area contributed by atoms with Crippen LogP contribution in [0.15, 0.2) is 24.3 Å². The molecule has 0 saturated carbocycles. The smallest absolute Gasteiger partial charge is 0.123 e. The Kier molecular flexibility index (Phi) is 4.83. The Balaban J connectivity index is 1.80. The number of rotatable bonds is 4. The van der Waals surface area contributed by atoms with Crippen molar-refractivity contribution in [3.8, 4) is 0 Å². The first kappa shape index (κ1) is 12.9. The number of nitrogens with two attached hydrogens (primary N) is 1. The first-order valence-corrected chi connectivity index (χ1v) is 7.22. The molecule has 0 radical (unpaired) electrons. The molecule has 1 saturated heterocycles. The zero-order valence-corrected chi connectivity index (χ0v) is 10.8. The molecule has 94 valence electrons. The molecule has 0 aliphatic carbocycles. The van der Waals surface area contributed by atoms with Gasteiger partial charge in [0.05, 0.1) is 0 Å². The van der Waals surface area contributed by atoms with Crippen molar-refractivity contribution in [3.63, 3.8) is 0 Å². The molecular weight excluding hydrogens is 235 g/mol. The second-order valence-corrected chi connectivity index (χ2v) is 5.63. The zero-order valence-electron chi connectivity index (χ0n) is 9.94. The Bertz CT molecular complexity index is 336. The fourth-order valence-electron chi connectivity index (χ4n) is 2.02. The molecule has 1 unspecified atom stereocenters. The minimum Gasteiger partial charge on any atom is -0.324 e. The van der Waals surface area contributed by atoms with E-state index in [2.05, 4.69) is 4.90 Å². The molecule has 17 heavy (non-hydrogen) atoms. The summed E-state index contributed by atoms with van der Waals surface area (Å²) in [7, 11) is 0. The molecule has 1 fully saturated rings. The maximum absolute atomic E-state index is 12.8. The lowest BCUT2D eigenvalue weighted by Gasteiger charge is -2.27. The van der Waals surface area contributed by atoms with Gasteiger partial charge in [-0.25, -0.2) is 4.39 Å². The molecular formula is C13H19FN2S. The summed E-state index contributed by atoms with van der Waals surface area (Å²) in [5, 5.41) is 0. The van der Waals surface area contributed by atoms with E-state index < -0.39 is 0 Å². The van der Waals surface area contributed by atoms with Crippen LogP contribution in [0.1, 0.15) is 18.0 Å². The highest BCUT2D eigenvalue weighted by atomic mass is 32.2. The van der Waals surface area contributed by atoms with Crippen LogP contribution in [0.5, 0.6) is 0 Å². The van der Waals surface area contributed by atoms with Crippen molar-refractivity contribution < 1.29 is 4.39 Å². The molecule has 1 aliphatic rings. The summed E-state index contributed by atoms with van der Waals surface area (Å²) < 4.78 is 12.8. The standard InChI is InChI=1S/C13H19FN2S/c14-12-3-1-11(2-4-12)13(15)5-6-16-7-9-17-10-8-16/h1-4,13H,5-10,15H2. The highest BCUT2D eigenvalue weighted by Crippen LogP contribution is 2.16. The number of benzene rings is 1. The van der Waals surface area contributed by atoms with Gasteiger partial charge in [-0.15, -0.1) is 0 Å². The first-order chi connectivity index (χ1) is 8.25. The summed E-state index contributed by atoms with van der Waals surface area (Å²) in [6.07, 6.45) is 0.941. The van der Waals surface area contributed by atoms with E-state index in [1.54, 1.807) is 12.1 Å². The highest BCUT2D eigenvalue weighted by Gasteiger charge is 2.12. The van der Waals surface area contributed by atoms with Crippen molar-refractivity contribution in [2.45, 2.75) is 12.5 Å². The molecule has 4 heteroatoms. The van der Waals surface area contributed by atoms with E-state index in [9.17, 15) is 4.39 Å². The van der Waals surface area contributed by atoms with Crippen LogP contribution < -0.4 is 5.73 Å². The fraction of sp³-hybridized carbons (Fsp3) is 0.538. The van der Waals surface area contributed by atoms with Crippen molar-refractivity contribution in [3.05, 3.63) is 35.6 Å². The minimum absolute atomic E-state index is 0.0187. The van der Waals surface area contributed by atoms with Gasteiger partial charge >= 0.3 is 0 Å². The topological polar surface area (TPSA) is 29.3 Å².